The van der Waals surface area contributed by atoms with Crippen LogP contribution in [0.3, 0.4) is 0 Å². The van der Waals surface area contributed by atoms with Gasteiger partial charge in [-0.3, -0.25) is 9.59 Å². The van der Waals surface area contributed by atoms with E-state index in [9.17, 15) is 9.59 Å². The van der Waals surface area contributed by atoms with Gasteiger partial charge in [0.25, 0.3) is 5.91 Å². The summed E-state index contributed by atoms with van der Waals surface area (Å²) in [6.45, 7) is 1.75. The molecule has 1 amide bonds. The Kier molecular flexibility index (Phi) is 6.05. The molecule has 4 heteroatoms. The van der Waals surface area contributed by atoms with Crippen molar-refractivity contribution in [1.29, 1.82) is 0 Å². The number of carbonyl (C=O) groups excluding carboxylic acids is 2. The van der Waals surface area contributed by atoms with Gasteiger partial charge < -0.3 is 10.1 Å². The highest BCUT2D eigenvalue weighted by molar-refractivity contribution is 6.08. The number of amides is 1. The van der Waals surface area contributed by atoms with Crippen molar-refractivity contribution in [2.45, 2.75) is 51.2 Å². The van der Waals surface area contributed by atoms with Gasteiger partial charge in [-0.1, -0.05) is 49.6 Å². The summed E-state index contributed by atoms with van der Waals surface area (Å²) in [6, 6.07) is 16.4. The predicted octanol–water partition coefficient (Wildman–Crippen LogP) is 4.13. The lowest BCUT2D eigenvalue weighted by Gasteiger charge is -2.24. The Labute approximate surface area is 154 Å². The zero-order valence-corrected chi connectivity index (χ0v) is 15.1. The summed E-state index contributed by atoms with van der Waals surface area (Å²) in [7, 11) is 0. The maximum atomic E-state index is 12.4. The summed E-state index contributed by atoms with van der Waals surface area (Å²) >= 11 is 0. The Morgan fingerprint density at radius 2 is 1.54 bits per heavy atom. The first-order chi connectivity index (χ1) is 12.6. The molecule has 0 aromatic heterocycles. The quantitative estimate of drug-likeness (QED) is 0.796. The maximum absolute atomic E-state index is 12.4. The van der Waals surface area contributed by atoms with Gasteiger partial charge in [0.2, 0.25) is 0 Å². The van der Waals surface area contributed by atoms with Gasteiger partial charge in [-0.25, -0.2) is 0 Å². The molecule has 0 saturated heterocycles. The minimum absolute atomic E-state index is 0.0276. The molecule has 0 bridgehead atoms. The van der Waals surface area contributed by atoms with Crippen molar-refractivity contribution < 1.29 is 14.3 Å². The molecule has 2 aromatic rings. The highest BCUT2D eigenvalue weighted by atomic mass is 16.5. The molecule has 1 aliphatic carbocycles. The molecule has 4 nitrogen and oxygen atoms in total. The molecule has 1 saturated carbocycles. The number of carbonyl (C=O) groups is 2. The Balaban J connectivity index is 1.56. The lowest BCUT2D eigenvalue weighted by molar-refractivity contribution is -0.128. The normalized spacial score (nSPS) is 15.9. The third-order valence-corrected chi connectivity index (χ3v) is 4.79. The van der Waals surface area contributed by atoms with Gasteiger partial charge in [-0.15, -0.1) is 0 Å². The van der Waals surface area contributed by atoms with Crippen molar-refractivity contribution in [3.8, 4) is 5.75 Å². The number of ether oxygens (including phenoxy) is 1. The number of nitrogens with one attached hydrogen (secondary N) is 1. The van der Waals surface area contributed by atoms with Crippen LogP contribution in [0.1, 0.15) is 54.9 Å². The molecule has 0 spiro atoms. The SMILES string of the molecule is CC(Oc1ccc(C(=O)c2ccccc2)cc1)C(=O)NC1CCCCC1. The minimum Gasteiger partial charge on any atom is -0.481 e. The number of hydrogen-bond acceptors (Lipinski definition) is 3. The van der Waals surface area contributed by atoms with Gasteiger partial charge in [-0.2, -0.15) is 0 Å². The average Bonchev–Trinajstić information content (AvgIpc) is 2.69. The molecule has 2 aromatic carbocycles. The van der Waals surface area contributed by atoms with Crippen molar-refractivity contribution in [2.75, 3.05) is 0 Å². The van der Waals surface area contributed by atoms with Crippen LogP contribution in [0.25, 0.3) is 0 Å². The van der Waals surface area contributed by atoms with Crippen LogP contribution >= 0.6 is 0 Å². The van der Waals surface area contributed by atoms with E-state index < -0.39 is 6.10 Å². The molecular formula is C22H25NO3. The summed E-state index contributed by atoms with van der Waals surface area (Å²) in [5.41, 5.74) is 1.25. The van der Waals surface area contributed by atoms with Gasteiger partial charge >= 0.3 is 0 Å². The van der Waals surface area contributed by atoms with E-state index in [1.807, 2.05) is 18.2 Å². The van der Waals surface area contributed by atoms with Crippen LogP contribution in [0, 0.1) is 0 Å². The van der Waals surface area contributed by atoms with Crippen LogP contribution in [-0.2, 0) is 4.79 Å². The highest BCUT2D eigenvalue weighted by Gasteiger charge is 2.20. The van der Waals surface area contributed by atoms with Crippen LogP contribution in [-0.4, -0.2) is 23.8 Å². The largest absolute Gasteiger partial charge is 0.481 e. The van der Waals surface area contributed by atoms with Crippen molar-refractivity contribution >= 4 is 11.7 Å². The Bertz CT molecular complexity index is 734. The molecular weight excluding hydrogens is 326 g/mol. The van der Waals surface area contributed by atoms with Crippen molar-refractivity contribution in [3.05, 3.63) is 65.7 Å². The molecule has 1 N–H and O–H groups in total. The Hall–Kier alpha value is -2.62. The topological polar surface area (TPSA) is 55.4 Å². The Morgan fingerprint density at radius 1 is 0.923 bits per heavy atom. The monoisotopic (exact) mass is 351 g/mol. The second-order valence-corrected chi connectivity index (χ2v) is 6.82. The summed E-state index contributed by atoms with van der Waals surface area (Å²) < 4.78 is 5.73. The molecule has 0 heterocycles. The fourth-order valence-corrected chi connectivity index (χ4v) is 3.26. The molecule has 0 aliphatic heterocycles. The summed E-state index contributed by atoms with van der Waals surface area (Å²) in [5.74, 6) is 0.475. The third-order valence-electron chi connectivity index (χ3n) is 4.79. The van der Waals surface area contributed by atoms with Gasteiger partial charge in [0.05, 0.1) is 0 Å². The number of rotatable bonds is 6. The van der Waals surface area contributed by atoms with E-state index in [-0.39, 0.29) is 17.7 Å². The molecule has 1 atom stereocenters. The molecule has 26 heavy (non-hydrogen) atoms. The van der Waals surface area contributed by atoms with Crippen LogP contribution < -0.4 is 10.1 Å². The third kappa shape index (κ3) is 4.72. The zero-order chi connectivity index (χ0) is 18.4. The van der Waals surface area contributed by atoms with E-state index in [2.05, 4.69) is 5.32 Å². The van der Waals surface area contributed by atoms with E-state index >= 15 is 0 Å². The molecule has 136 valence electrons. The molecule has 0 radical (unpaired) electrons. The van der Waals surface area contributed by atoms with E-state index in [0.29, 0.717) is 16.9 Å². The number of hydrogen-bond donors (Lipinski definition) is 1. The van der Waals surface area contributed by atoms with Crippen LogP contribution in [0.4, 0.5) is 0 Å². The highest BCUT2D eigenvalue weighted by Crippen LogP contribution is 2.19. The van der Waals surface area contributed by atoms with Crippen molar-refractivity contribution in [2.24, 2.45) is 0 Å². The van der Waals surface area contributed by atoms with Crippen molar-refractivity contribution in [3.63, 3.8) is 0 Å². The molecule has 1 fully saturated rings. The fourth-order valence-electron chi connectivity index (χ4n) is 3.26. The van der Waals surface area contributed by atoms with Crippen molar-refractivity contribution in [1.82, 2.24) is 5.32 Å². The van der Waals surface area contributed by atoms with Crippen LogP contribution in [0.2, 0.25) is 0 Å². The van der Waals surface area contributed by atoms with E-state index in [1.165, 1.54) is 19.3 Å². The average molecular weight is 351 g/mol. The van der Waals surface area contributed by atoms with E-state index in [4.69, 9.17) is 4.74 Å². The Morgan fingerprint density at radius 3 is 2.19 bits per heavy atom. The number of benzene rings is 2. The fraction of sp³-hybridized carbons (Fsp3) is 0.364. The number of ketones is 1. The first-order valence-corrected chi connectivity index (χ1v) is 9.30. The van der Waals surface area contributed by atoms with E-state index in [0.717, 1.165) is 12.8 Å². The zero-order valence-electron chi connectivity index (χ0n) is 15.1. The summed E-state index contributed by atoms with van der Waals surface area (Å²) in [6.07, 6.45) is 5.15. The standard InChI is InChI=1S/C22H25NO3/c1-16(22(25)23-19-10-6-3-7-11-19)26-20-14-12-18(13-15-20)21(24)17-8-4-2-5-9-17/h2,4-5,8-9,12-16,19H,3,6-7,10-11H2,1H3,(H,23,25). The first kappa shape index (κ1) is 18.2. The lowest BCUT2D eigenvalue weighted by Crippen LogP contribution is -2.43. The van der Waals surface area contributed by atoms with Crippen LogP contribution in [0.5, 0.6) is 5.75 Å². The second kappa shape index (κ2) is 8.65. The molecule has 1 aliphatic rings. The lowest BCUT2D eigenvalue weighted by atomic mass is 9.95. The van der Waals surface area contributed by atoms with E-state index in [1.54, 1.807) is 43.3 Å². The van der Waals surface area contributed by atoms with Gasteiger partial charge in [0.1, 0.15) is 5.75 Å². The first-order valence-electron chi connectivity index (χ1n) is 9.30. The van der Waals surface area contributed by atoms with Crippen LogP contribution in [0.15, 0.2) is 54.6 Å². The van der Waals surface area contributed by atoms with Gasteiger partial charge in [0.15, 0.2) is 11.9 Å². The summed E-state index contributed by atoms with van der Waals surface area (Å²) in [4.78, 5) is 24.7. The second-order valence-electron chi connectivity index (χ2n) is 6.82. The smallest absolute Gasteiger partial charge is 0.260 e. The van der Waals surface area contributed by atoms with Gasteiger partial charge in [-0.05, 0) is 44.0 Å². The van der Waals surface area contributed by atoms with Gasteiger partial charge in [0, 0.05) is 17.2 Å². The molecule has 3 rings (SSSR count). The summed E-state index contributed by atoms with van der Waals surface area (Å²) in [5, 5.41) is 3.07. The predicted molar refractivity (Wildman–Crippen MR) is 101 cm³/mol. The maximum Gasteiger partial charge on any atom is 0.260 e. The minimum atomic E-state index is -0.562. The molecule has 1 unspecified atom stereocenters.